The smallest absolute Gasteiger partial charge is 0.227 e. The monoisotopic (exact) mass is 259 g/mol. The molecule has 5 nitrogen and oxygen atoms in total. The topological polar surface area (TPSA) is 88.1 Å². The van der Waals surface area contributed by atoms with E-state index in [4.69, 9.17) is 15.7 Å². The van der Waals surface area contributed by atoms with Gasteiger partial charge in [-0.3, -0.25) is 4.79 Å². The van der Waals surface area contributed by atoms with Gasteiger partial charge in [0.2, 0.25) is 5.91 Å². The molecule has 0 radical (unpaired) electrons. The number of benzene rings is 1. The van der Waals surface area contributed by atoms with Gasteiger partial charge >= 0.3 is 0 Å². The van der Waals surface area contributed by atoms with Gasteiger partial charge in [-0.15, -0.1) is 0 Å². The second-order valence-electron chi connectivity index (χ2n) is 4.88. The van der Waals surface area contributed by atoms with Crippen LogP contribution in [0.4, 0.5) is 11.4 Å². The third kappa shape index (κ3) is 2.85. The molecule has 1 aromatic carbocycles. The minimum absolute atomic E-state index is 0.136. The molecule has 2 rings (SSSR count). The lowest BCUT2D eigenvalue weighted by Gasteiger charge is -2.39. The zero-order chi connectivity index (χ0) is 13.9. The predicted octanol–water partition coefficient (Wildman–Crippen LogP) is 2.04. The zero-order valence-electron chi connectivity index (χ0n) is 10.9. The highest BCUT2D eigenvalue weighted by Crippen LogP contribution is 2.38. The molecule has 0 saturated heterocycles. The van der Waals surface area contributed by atoms with Gasteiger partial charge < -0.3 is 15.8 Å². The van der Waals surface area contributed by atoms with Crippen molar-refractivity contribution in [3.05, 3.63) is 23.8 Å². The van der Waals surface area contributed by atoms with E-state index in [2.05, 4.69) is 5.32 Å². The highest BCUT2D eigenvalue weighted by molar-refractivity contribution is 5.93. The molecule has 0 heterocycles. The van der Waals surface area contributed by atoms with Crippen molar-refractivity contribution in [1.82, 2.24) is 0 Å². The number of carbonyl (C=O) groups is 1. The molecule has 3 N–H and O–H groups in total. The molecule has 0 atom stereocenters. The minimum Gasteiger partial charge on any atom is -0.399 e. The third-order valence-corrected chi connectivity index (χ3v) is 3.62. The Bertz CT molecular complexity index is 524. The molecular formula is C14H17N3O2. The summed E-state index contributed by atoms with van der Waals surface area (Å²) in [7, 11) is 1.64. The lowest BCUT2D eigenvalue weighted by molar-refractivity contribution is -0.129. The van der Waals surface area contributed by atoms with Crippen molar-refractivity contribution in [2.75, 3.05) is 18.2 Å². The van der Waals surface area contributed by atoms with Crippen LogP contribution in [0.3, 0.4) is 0 Å². The molecular weight excluding hydrogens is 242 g/mol. The van der Waals surface area contributed by atoms with Crippen LogP contribution in [0.2, 0.25) is 0 Å². The first kappa shape index (κ1) is 13.4. The number of ether oxygens (including phenoxy) is 1. The molecule has 1 aromatic rings. The number of nitrogens with one attached hydrogen (secondary N) is 1. The normalized spacial score (nSPS) is 16.2. The highest BCUT2D eigenvalue weighted by atomic mass is 16.5. The summed E-state index contributed by atoms with van der Waals surface area (Å²) in [6.07, 6.45) is 3.22. The van der Waals surface area contributed by atoms with Crippen molar-refractivity contribution >= 4 is 17.3 Å². The fourth-order valence-corrected chi connectivity index (χ4v) is 2.27. The molecule has 0 aliphatic heterocycles. The van der Waals surface area contributed by atoms with E-state index in [1.165, 1.54) is 0 Å². The average Bonchev–Trinajstić information content (AvgIpc) is 2.36. The lowest BCUT2D eigenvalue weighted by Crippen LogP contribution is -2.42. The number of hydrogen-bond acceptors (Lipinski definition) is 4. The van der Waals surface area contributed by atoms with Gasteiger partial charge in [0.25, 0.3) is 0 Å². The maximum atomic E-state index is 12.0. The van der Waals surface area contributed by atoms with Crippen LogP contribution in [0.15, 0.2) is 18.2 Å². The first-order chi connectivity index (χ1) is 9.08. The number of nitrogens with two attached hydrogens (primary N) is 1. The van der Waals surface area contributed by atoms with Gasteiger partial charge in [-0.05, 0) is 37.5 Å². The molecule has 1 fully saturated rings. The standard InChI is InChI=1S/C14H17N3O2/c1-19-14(5-2-6-14)8-13(18)17-12-4-3-11(16)7-10(12)9-15/h3-4,7H,2,5-6,8,16H2,1H3,(H,17,18). The van der Waals surface area contributed by atoms with Gasteiger partial charge in [-0.1, -0.05) is 0 Å². The maximum absolute atomic E-state index is 12.0. The van der Waals surface area contributed by atoms with Gasteiger partial charge in [0.15, 0.2) is 0 Å². The van der Waals surface area contributed by atoms with Crippen LogP contribution in [0.5, 0.6) is 0 Å². The van der Waals surface area contributed by atoms with Crippen molar-refractivity contribution in [3.63, 3.8) is 0 Å². The van der Waals surface area contributed by atoms with Crippen LogP contribution in [0, 0.1) is 11.3 Å². The van der Waals surface area contributed by atoms with Gasteiger partial charge in [0.05, 0.1) is 23.3 Å². The molecule has 1 aliphatic rings. The Morgan fingerprint density at radius 3 is 2.84 bits per heavy atom. The molecule has 1 aliphatic carbocycles. The molecule has 5 heteroatoms. The van der Waals surface area contributed by atoms with E-state index in [1.807, 2.05) is 6.07 Å². The molecule has 0 bridgehead atoms. The summed E-state index contributed by atoms with van der Waals surface area (Å²) in [5.74, 6) is -0.136. The number of hydrogen-bond donors (Lipinski definition) is 2. The van der Waals surface area contributed by atoms with Crippen LogP contribution >= 0.6 is 0 Å². The van der Waals surface area contributed by atoms with Crippen LogP contribution < -0.4 is 11.1 Å². The van der Waals surface area contributed by atoms with Gasteiger partial charge in [0.1, 0.15) is 6.07 Å². The summed E-state index contributed by atoms with van der Waals surface area (Å²) < 4.78 is 5.41. The maximum Gasteiger partial charge on any atom is 0.227 e. The first-order valence-electron chi connectivity index (χ1n) is 6.23. The van der Waals surface area contributed by atoms with Crippen molar-refractivity contribution in [3.8, 4) is 6.07 Å². The Hall–Kier alpha value is -2.06. The molecule has 0 spiro atoms. The fraction of sp³-hybridized carbons (Fsp3) is 0.429. The summed E-state index contributed by atoms with van der Waals surface area (Å²) >= 11 is 0. The van der Waals surface area contributed by atoms with Gasteiger partial charge in [-0.25, -0.2) is 0 Å². The summed E-state index contributed by atoms with van der Waals surface area (Å²) in [6, 6.07) is 6.87. The van der Waals surface area contributed by atoms with Crippen molar-refractivity contribution < 1.29 is 9.53 Å². The number of rotatable bonds is 4. The molecule has 19 heavy (non-hydrogen) atoms. The lowest BCUT2D eigenvalue weighted by atomic mass is 9.77. The number of amides is 1. The van der Waals surface area contributed by atoms with Crippen LogP contribution in [-0.4, -0.2) is 18.6 Å². The fourth-order valence-electron chi connectivity index (χ4n) is 2.27. The Kier molecular flexibility index (Phi) is 3.72. The second-order valence-corrected chi connectivity index (χ2v) is 4.88. The number of anilines is 2. The van der Waals surface area contributed by atoms with Crippen molar-refractivity contribution in [2.45, 2.75) is 31.3 Å². The predicted molar refractivity (Wildman–Crippen MR) is 72.4 cm³/mol. The molecule has 0 aromatic heterocycles. The SMILES string of the molecule is COC1(CC(=O)Nc2ccc(N)cc2C#N)CCC1. The Labute approximate surface area is 112 Å². The minimum atomic E-state index is -0.315. The molecule has 1 amide bonds. The third-order valence-electron chi connectivity index (χ3n) is 3.62. The Balaban J connectivity index is 2.05. The van der Waals surface area contributed by atoms with E-state index in [0.717, 1.165) is 19.3 Å². The van der Waals surface area contributed by atoms with Crippen molar-refractivity contribution in [1.29, 1.82) is 5.26 Å². The summed E-state index contributed by atoms with van der Waals surface area (Å²) in [4.78, 5) is 12.0. The number of nitrogens with zero attached hydrogens (tertiary/aromatic N) is 1. The van der Waals surface area contributed by atoms with Gasteiger partial charge in [0, 0.05) is 12.8 Å². The summed E-state index contributed by atoms with van der Waals surface area (Å²) in [5.41, 5.74) is 6.65. The Morgan fingerprint density at radius 2 is 2.32 bits per heavy atom. The summed E-state index contributed by atoms with van der Waals surface area (Å²) in [6.45, 7) is 0. The second kappa shape index (κ2) is 5.29. The zero-order valence-corrected chi connectivity index (χ0v) is 10.9. The number of carbonyl (C=O) groups excluding carboxylic acids is 1. The van der Waals surface area contributed by atoms with E-state index in [1.54, 1.807) is 25.3 Å². The Morgan fingerprint density at radius 1 is 1.58 bits per heavy atom. The van der Waals surface area contributed by atoms with E-state index >= 15 is 0 Å². The molecule has 100 valence electrons. The van der Waals surface area contributed by atoms with Crippen LogP contribution in [0.25, 0.3) is 0 Å². The van der Waals surface area contributed by atoms with Crippen LogP contribution in [0.1, 0.15) is 31.2 Å². The summed E-state index contributed by atoms with van der Waals surface area (Å²) in [5, 5.41) is 11.8. The largest absolute Gasteiger partial charge is 0.399 e. The molecule has 1 saturated carbocycles. The first-order valence-corrected chi connectivity index (χ1v) is 6.23. The van der Waals surface area contributed by atoms with E-state index in [-0.39, 0.29) is 11.5 Å². The van der Waals surface area contributed by atoms with E-state index in [0.29, 0.717) is 23.4 Å². The van der Waals surface area contributed by atoms with E-state index in [9.17, 15) is 4.79 Å². The number of nitrogen functional groups attached to an aromatic ring is 1. The number of nitriles is 1. The number of methoxy groups -OCH3 is 1. The molecule has 0 unspecified atom stereocenters. The van der Waals surface area contributed by atoms with Crippen LogP contribution in [-0.2, 0) is 9.53 Å². The quantitative estimate of drug-likeness (QED) is 0.810. The van der Waals surface area contributed by atoms with E-state index < -0.39 is 0 Å². The highest BCUT2D eigenvalue weighted by Gasteiger charge is 2.39. The van der Waals surface area contributed by atoms with Gasteiger partial charge in [-0.2, -0.15) is 5.26 Å². The van der Waals surface area contributed by atoms with Crippen molar-refractivity contribution in [2.24, 2.45) is 0 Å². The average molecular weight is 259 g/mol.